The fourth-order valence-electron chi connectivity index (χ4n) is 2.32. The quantitative estimate of drug-likeness (QED) is 0.553. The van der Waals surface area contributed by atoms with Crippen LogP contribution in [0.3, 0.4) is 0 Å². The van der Waals surface area contributed by atoms with Gasteiger partial charge in [-0.1, -0.05) is 31.2 Å². The Morgan fingerprint density at radius 3 is 2.35 bits per heavy atom. The molecule has 2 aromatic rings. The minimum Gasteiger partial charge on any atom is -0.460 e. The first kappa shape index (κ1) is 17.9. The van der Waals surface area contributed by atoms with E-state index in [0.717, 1.165) is 19.3 Å². The van der Waals surface area contributed by atoms with Crippen molar-refractivity contribution in [3.05, 3.63) is 56.9 Å². The lowest BCUT2D eigenvalue weighted by Crippen LogP contribution is -2.39. The average Bonchev–Trinajstić information content (AvgIpc) is 3.26. The third-order valence-electron chi connectivity index (χ3n) is 3.67. The zero-order valence-corrected chi connectivity index (χ0v) is 15.0. The van der Waals surface area contributed by atoms with Gasteiger partial charge in [0.15, 0.2) is 0 Å². The molecule has 0 amide bonds. The second-order valence-corrected chi connectivity index (χ2v) is 7.14. The molecule has 3 nitrogen and oxygen atoms in total. The van der Waals surface area contributed by atoms with Gasteiger partial charge >= 0.3 is 5.97 Å². The van der Waals surface area contributed by atoms with Crippen LogP contribution in [0, 0.1) is 0 Å². The predicted molar refractivity (Wildman–Crippen MR) is 95.9 cm³/mol. The third kappa shape index (κ3) is 4.10. The normalized spacial score (nSPS) is 13.3. The maximum atomic E-state index is 12.8. The Bertz CT molecular complexity index is 581. The first-order chi connectivity index (χ1) is 11.1. The molecular weight excluding hydrogens is 328 g/mol. The zero-order valence-electron chi connectivity index (χ0n) is 13.4. The molecule has 124 valence electrons. The number of rotatable bonds is 8. The maximum Gasteiger partial charge on any atom is 0.349 e. The van der Waals surface area contributed by atoms with Crippen LogP contribution in [0.1, 0.15) is 42.9 Å². The molecule has 0 saturated heterocycles. The Kier molecular flexibility index (Phi) is 6.57. The number of thiophene rings is 2. The highest BCUT2D eigenvalue weighted by molar-refractivity contribution is 7.12. The molecule has 0 aliphatic heterocycles. The van der Waals surface area contributed by atoms with Gasteiger partial charge in [0.05, 0.1) is 9.75 Å². The van der Waals surface area contributed by atoms with Crippen molar-refractivity contribution in [1.82, 2.24) is 0 Å². The molecule has 0 spiro atoms. The fraction of sp³-hybridized carbons (Fsp3) is 0.389. The van der Waals surface area contributed by atoms with Crippen molar-refractivity contribution < 1.29 is 14.6 Å². The van der Waals surface area contributed by atoms with Gasteiger partial charge in [-0.2, -0.15) is 0 Å². The van der Waals surface area contributed by atoms with Crippen molar-refractivity contribution in [2.45, 2.75) is 44.8 Å². The lowest BCUT2D eigenvalue weighted by atomic mass is 9.99. The highest BCUT2D eigenvalue weighted by atomic mass is 32.1. The van der Waals surface area contributed by atoms with Gasteiger partial charge in [-0.25, -0.2) is 4.79 Å². The topological polar surface area (TPSA) is 46.5 Å². The van der Waals surface area contributed by atoms with Gasteiger partial charge < -0.3 is 9.84 Å². The van der Waals surface area contributed by atoms with Crippen LogP contribution in [0.25, 0.3) is 0 Å². The van der Waals surface area contributed by atoms with E-state index in [2.05, 4.69) is 6.08 Å². The van der Waals surface area contributed by atoms with Gasteiger partial charge in [0.1, 0.15) is 6.10 Å². The summed E-state index contributed by atoms with van der Waals surface area (Å²) in [6.45, 7) is 3.96. The number of carbonyl (C=O) groups excluding carboxylic acids is 1. The summed E-state index contributed by atoms with van der Waals surface area (Å²) in [4.78, 5) is 14.0. The largest absolute Gasteiger partial charge is 0.460 e. The number of carbonyl (C=O) groups is 1. The standard InChI is InChI=1S/C18H22O3S2/c1-3-5-6-9-14(4-2)21-17(19)18(20,15-10-7-12-22-15)16-11-8-13-23-16/h3,5,7-8,10-14,20H,4,6,9H2,1-2H3. The van der Waals surface area contributed by atoms with E-state index in [1.165, 1.54) is 22.7 Å². The van der Waals surface area contributed by atoms with Crippen molar-refractivity contribution in [2.75, 3.05) is 0 Å². The molecule has 0 bridgehead atoms. The molecule has 1 N–H and O–H groups in total. The molecular formula is C18H22O3S2. The molecule has 1 atom stereocenters. The Hall–Kier alpha value is -1.43. The van der Waals surface area contributed by atoms with Crippen molar-refractivity contribution in [2.24, 2.45) is 0 Å². The Labute approximate surface area is 145 Å². The van der Waals surface area contributed by atoms with Crippen LogP contribution in [0.5, 0.6) is 0 Å². The first-order valence-electron chi connectivity index (χ1n) is 7.75. The molecule has 5 heteroatoms. The average molecular weight is 351 g/mol. The van der Waals surface area contributed by atoms with E-state index in [9.17, 15) is 9.90 Å². The molecule has 0 saturated carbocycles. The highest BCUT2D eigenvalue weighted by Gasteiger charge is 2.44. The van der Waals surface area contributed by atoms with E-state index in [1.807, 2.05) is 42.8 Å². The second kappa shape index (κ2) is 8.43. The molecule has 2 heterocycles. The van der Waals surface area contributed by atoms with Crippen molar-refractivity contribution in [3.63, 3.8) is 0 Å². The van der Waals surface area contributed by atoms with Gasteiger partial charge in [-0.05, 0) is 49.1 Å². The minimum absolute atomic E-state index is 0.190. The van der Waals surface area contributed by atoms with Crippen LogP contribution in [0.15, 0.2) is 47.2 Å². The molecule has 0 fully saturated rings. The summed E-state index contributed by atoms with van der Waals surface area (Å²) in [7, 11) is 0. The fourth-order valence-corrected chi connectivity index (χ4v) is 4.04. The molecule has 23 heavy (non-hydrogen) atoms. The summed E-state index contributed by atoms with van der Waals surface area (Å²) < 4.78 is 5.65. The van der Waals surface area contributed by atoms with Gasteiger partial charge in [-0.15, -0.1) is 22.7 Å². The Morgan fingerprint density at radius 1 is 1.30 bits per heavy atom. The first-order valence-corrected chi connectivity index (χ1v) is 9.51. The van der Waals surface area contributed by atoms with Gasteiger partial charge in [0.2, 0.25) is 5.60 Å². The summed E-state index contributed by atoms with van der Waals surface area (Å²) in [5.41, 5.74) is -1.71. The van der Waals surface area contributed by atoms with E-state index in [1.54, 1.807) is 12.1 Å². The molecule has 0 aliphatic carbocycles. The smallest absolute Gasteiger partial charge is 0.349 e. The predicted octanol–water partition coefficient (Wildman–Crippen LogP) is 4.72. The lowest BCUT2D eigenvalue weighted by molar-refractivity contribution is -0.167. The Morgan fingerprint density at radius 2 is 1.91 bits per heavy atom. The summed E-state index contributed by atoms with van der Waals surface area (Å²) in [6.07, 6.45) is 6.21. The van der Waals surface area contributed by atoms with Crippen LogP contribution >= 0.6 is 22.7 Å². The van der Waals surface area contributed by atoms with E-state index in [4.69, 9.17) is 4.74 Å². The van der Waals surface area contributed by atoms with Crippen LogP contribution in [0.2, 0.25) is 0 Å². The number of aliphatic hydroxyl groups is 1. The highest BCUT2D eigenvalue weighted by Crippen LogP contribution is 2.37. The van der Waals surface area contributed by atoms with E-state index in [0.29, 0.717) is 9.75 Å². The van der Waals surface area contributed by atoms with E-state index >= 15 is 0 Å². The van der Waals surface area contributed by atoms with Crippen LogP contribution in [0.4, 0.5) is 0 Å². The summed E-state index contributed by atoms with van der Waals surface area (Å²) in [6, 6.07) is 7.20. The number of ether oxygens (including phenoxy) is 1. The van der Waals surface area contributed by atoms with Crippen molar-refractivity contribution >= 4 is 28.6 Å². The third-order valence-corrected chi connectivity index (χ3v) is 5.63. The van der Waals surface area contributed by atoms with Gasteiger partial charge in [-0.3, -0.25) is 0 Å². The van der Waals surface area contributed by atoms with E-state index < -0.39 is 11.6 Å². The van der Waals surface area contributed by atoms with Crippen LogP contribution in [-0.2, 0) is 15.1 Å². The van der Waals surface area contributed by atoms with Crippen molar-refractivity contribution in [1.29, 1.82) is 0 Å². The van der Waals surface area contributed by atoms with Crippen molar-refractivity contribution in [3.8, 4) is 0 Å². The zero-order chi connectivity index (χ0) is 16.7. The number of hydrogen-bond acceptors (Lipinski definition) is 5. The second-order valence-electron chi connectivity index (χ2n) is 5.25. The molecule has 1 unspecified atom stereocenters. The monoisotopic (exact) mass is 350 g/mol. The molecule has 0 aromatic carbocycles. The molecule has 2 aromatic heterocycles. The molecule has 0 aliphatic rings. The number of esters is 1. The lowest BCUT2D eigenvalue weighted by Gasteiger charge is -2.26. The minimum atomic E-state index is -1.71. The number of allylic oxidation sites excluding steroid dienone is 2. The van der Waals surface area contributed by atoms with E-state index in [-0.39, 0.29) is 6.10 Å². The maximum absolute atomic E-state index is 12.8. The van der Waals surface area contributed by atoms with Gasteiger partial charge in [0.25, 0.3) is 0 Å². The Balaban J connectivity index is 2.21. The summed E-state index contributed by atoms with van der Waals surface area (Å²) >= 11 is 2.71. The van der Waals surface area contributed by atoms with Gasteiger partial charge in [0, 0.05) is 0 Å². The molecule has 2 rings (SSSR count). The van der Waals surface area contributed by atoms with Crippen LogP contribution in [-0.4, -0.2) is 17.2 Å². The SMILES string of the molecule is CC=CCCC(CC)OC(=O)C(O)(c1cccs1)c1cccs1. The summed E-state index contributed by atoms with van der Waals surface area (Å²) in [5, 5.41) is 14.9. The summed E-state index contributed by atoms with van der Waals surface area (Å²) in [5.74, 6) is -0.588. The van der Waals surface area contributed by atoms with Crippen LogP contribution < -0.4 is 0 Å². The number of hydrogen-bond donors (Lipinski definition) is 1. The molecule has 0 radical (unpaired) electrons.